The van der Waals surface area contributed by atoms with Crippen LogP contribution in [0.2, 0.25) is 0 Å². The Kier molecular flexibility index (Phi) is 4.78. The molecular weight excluding hydrogens is 240 g/mol. The minimum atomic E-state index is -2.73. The number of alkyl halides is 2. The summed E-state index contributed by atoms with van der Waals surface area (Å²) in [5.74, 6) is -0.607. The predicted octanol–water partition coefficient (Wildman–Crippen LogP) is 3.23. The van der Waals surface area contributed by atoms with Crippen molar-refractivity contribution in [2.75, 3.05) is 6.61 Å². The largest absolute Gasteiger partial charge is 0.462 e. The van der Waals surface area contributed by atoms with Crippen molar-refractivity contribution in [2.45, 2.75) is 26.7 Å². The number of carbonyl (C=O) groups is 1. The van der Waals surface area contributed by atoms with Gasteiger partial charge >= 0.3 is 5.97 Å². The average molecular weight is 253 g/mol. The average Bonchev–Trinajstić information content (AvgIpc) is 2.36. The number of nitrogens with zero attached hydrogens (tertiary/aromatic N) is 1. The first kappa shape index (κ1) is 14.1. The molecule has 1 aromatic rings. The van der Waals surface area contributed by atoms with Gasteiger partial charge in [0, 0.05) is 5.56 Å². The number of nitriles is 1. The Hall–Kier alpha value is -1.96. The van der Waals surface area contributed by atoms with Crippen LogP contribution in [-0.4, -0.2) is 12.6 Å². The number of rotatable bonds is 4. The van der Waals surface area contributed by atoms with Crippen molar-refractivity contribution in [3.05, 3.63) is 34.4 Å². The summed E-state index contributed by atoms with van der Waals surface area (Å²) in [7, 11) is 0. The van der Waals surface area contributed by atoms with Gasteiger partial charge in [-0.3, -0.25) is 0 Å². The molecule has 0 unspecified atom stereocenters. The number of ether oxygens (including phenoxy) is 1. The Bertz CT molecular complexity index is 492. The van der Waals surface area contributed by atoms with E-state index in [1.807, 2.05) is 0 Å². The van der Waals surface area contributed by atoms with Crippen molar-refractivity contribution in [1.82, 2.24) is 0 Å². The normalized spacial score (nSPS) is 10.2. The van der Waals surface area contributed by atoms with Crippen molar-refractivity contribution < 1.29 is 18.3 Å². The van der Waals surface area contributed by atoms with Crippen LogP contribution in [0.3, 0.4) is 0 Å². The smallest absolute Gasteiger partial charge is 0.338 e. The van der Waals surface area contributed by atoms with Gasteiger partial charge in [0.15, 0.2) is 0 Å². The molecule has 0 bridgehead atoms. The van der Waals surface area contributed by atoms with Gasteiger partial charge in [-0.05, 0) is 31.0 Å². The van der Waals surface area contributed by atoms with Crippen molar-refractivity contribution >= 4 is 5.97 Å². The van der Waals surface area contributed by atoms with Gasteiger partial charge in [0.2, 0.25) is 0 Å². The van der Waals surface area contributed by atoms with Crippen LogP contribution >= 0.6 is 0 Å². The van der Waals surface area contributed by atoms with Gasteiger partial charge in [0.1, 0.15) is 0 Å². The minimum Gasteiger partial charge on any atom is -0.462 e. The van der Waals surface area contributed by atoms with E-state index in [2.05, 4.69) is 0 Å². The highest BCUT2D eigenvalue weighted by Gasteiger charge is 2.20. The third-order valence-corrected chi connectivity index (χ3v) is 2.50. The fourth-order valence-electron chi connectivity index (χ4n) is 1.69. The molecule has 0 radical (unpaired) electrons. The Labute approximate surface area is 104 Å². The summed E-state index contributed by atoms with van der Waals surface area (Å²) in [5.41, 5.74) is -0.0396. The van der Waals surface area contributed by atoms with Crippen molar-refractivity contribution in [3.8, 4) is 6.07 Å². The lowest BCUT2D eigenvalue weighted by molar-refractivity contribution is 0.0525. The van der Waals surface area contributed by atoms with E-state index in [-0.39, 0.29) is 23.3 Å². The van der Waals surface area contributed by atoms with Crippen LogP contribution in [0.1, 0.15) is 47.3 Å². The van der Waals surface area contributed by atoms with Gasteiger partial charge in [-0.1, -0.05) is 6.92 Å². The molecular formula is C13H13F2NO2. The third kappa shape index (κ3) is 2.83. The van der Waals surface area contributed by atoms with Crippen LogP contribution < -0.4 is 0 Å². The molecule has 3 nitrogen and oxygen atoms in total. The molecule has 0 atom stereocenters. The van der Waals surface area contributed by atoms with Gasteiger partial charge in [0.05, 0.1) is 23.8 Å². The molecule has 0 saturated heterocycles. The minimum absolute atomic E-state index is 0.134. The van der Waals surface area contributed by atoms with E-state index in [0.717, 1.165) is 6.07 Å². The van der Waals surface area contributed by atoms with Crippen LogP contribution in [0.4, 0.5) is 8.78 Å². The van der Waals surface area contributed by atoms with E-state index in [0.29, 0.717) is 12.0 Å². The van der Waals surface area contributed by atoms with Crippen LogP contribution in [0.15, 0.2) is 12.1 Å². The third-order valence-electron chi connectivity index (χ3n) is 2.50. The zero-order chi connectivity index (χ0) is 13.7. The summed E-state index contributed by atoms with van der Waals surface area (Å²) >= 11 is 0. The summed E-state index contributed by atoms with van der Waals surface area (Å²) in [6.07, 6.45) is -2.41. The lowest BCUT2D eigenvalue weighted by Gasteiger charge is -2.11. The molecule has 0 aromatic heterocycles. The number of halogens is 2. The second kappa shape index (κ2) is 6.10. The second-order valence-corrected chi connectivity index (χ2v) is 3.58. The van der Waals surface area contributed by atoms with Crippen LogP contribution in [0.25, 0.3) is 0 Å². The number of aryl methyl sites for hydroxylation is 1. The highest BCUT2D eigenvalue weighted by atomic mass is 19.3. The van der Waals surface area contributed by atoms with Crippen molar-refractivity contribution in [3.63, 3.8) is 0 Å². The van der Waals surface area contributed by atoms with E-state index in [1.54, 1.807) is 19.9 Å². The summed E-state index contributed by atoms with van der Waals surface area (Å²) < 4.78 is 30.5. The number of hydrogen-bond acceptors (Lipinski definition) is 3. The summed E-state index contributed by atoms with van der Waals surface area (Å²) in [6, 6.07) is 4.21. The molecule has 0 fully saturated rings. The van der Waals surface area contributed by atoms with Crippen molar-refractivity contribution in [1.29, 1.82) is 5.26 Å². The molecule has 0 heterocycles. The fourth-order valence-corrected chi connectivity index (χ4v) is 1.69. The molecule has 0 N–H and O–H groups in total. The van der Waals surface area contributed by atoms with Gasteiger partial charge in [-0.2, -0.15) is 5.26 Å². The first-order chi connectivity index (χ1) is 8.54. The molecule has 0 spiro atoms. The van der Waals surface area contributed by atoms with E-state index in [9.17, 15) is 13.6 Å². The van der Waals surface area contributed by atoms with Gasteiger partial charge < -0.3 is 4.74 Å². The molecule has 5 heteroatoms. The highest BCUT2D eigenvalue weighted by molar-refractivity contribution is 5.90. The van der Waals surface area contributed by atoms with Crippen molar-refractivity contribution in [2.24, 2.45) is 0 Å². The Morgan fingerprint density at radius 3 is 2.56 bits per heavy atom. The Morgan fingerprint density at radius 1 is 1.44 bits per heavy atom. The highest BCUT2D eigenvalue weighted by Crippen LogP contribution is 2.28. The first-order valence-corrected chi connectivity index (χ1v) is 5.57. The number of benzene rings is 1. The Balaban J connectivity index is 3.36. The molecule has 0 aliphatic rings. The van der Waals surface area contributed by atoms with Gasteiger partial charge in [-0.15, -0.1) is 0 Å². The van der Waals surface area contributed by atoms with Crippen LogP contribution in [0.5, 0.6) is 0 Å². The van der Waals surface area contributed by atoms with E-state index < -0.39 is 12.4 Å². The summed E-state index contributed by atoms with van der Waals surface area (Å²) in [4.78, 5) is 11.5. The molecule has 0 amide bonds. The quantitative estimate of drug-likeness (QED) is 0.774. The lowest BCUT2D eigenvalue weighted by Crippen LogP contribution is -2.08. The van der Waals surface area contributed by atoms with Gasteiger partial charge in [-0.25, -0.2) is 13.6 Å². The molecule has 1 aromatic carbocycles. The molecule has 96 valence electrons. The van der Waals surface area contributed by atoms with Crippen LogP contribution in [0, 0.1) is 11.3 Å². The fraction of sp³-hybridized carbons (Fsp3) is 0.385. The Morgan fingerprint density at radius 2 is 2.11 bits per heavy atom. The molecule has 1 rings (SSSR count). The van der Waals surface area contributed by atoms with E-state index in [1.165, 1.54) is 6.07 Å². The molecule has 18 heavy (non-hydrogen) atoms. The monoisotopic (exact) mass is 253 g/mol. The standard InChI is InChI=1S/C13H13F2NO2/c1-3-8-5-9(13(17)18-4-2)6-10(7-16)11(8)12(14)15/h5-6,12H,3-4H2,1-2H3. The topological polar surface area (TPSA) is 50.1 Å². The lowest BCUT2D eigenvalue weighted by atomic mass is 9.96. The second-order valence-electron chi connectivity index (χ2n) is 3.58. The SMILES string of the molecule is CCOC(=O)c1cc(C#N)c(C(F)F)c(CC)c1. The van der Waals surface area contributed by atoms with E-state index in [4.69, 9.17) is 10.00 Å². The summed E-state index contributed by atoms with van der Waals surface area (Å²) in [5, 5.41) is 8.89. The molecule has 0 saturated carbocycles. The number of carbonyl (C=O) groups excluding carboxylic acids is 1. The summed E-state index contributed by atoms with van der Waals surface area (Å²) in [6.45, 7) is 3.54. The maximum absolute atomic E-state index is 12.9. The maximum Gasteiger partial charge on any atom is 0.338 e. The zero-order valence-corrected chi connectivity index (χ0v) is 10.2. The van der Waals surface area contributed by atoms with Crippen LogP contribution in [-0.2, 0) is 11.2 Å². The first-order valence-electron chi connectivity index (χ1n) is 5.57. The molecule has 0 aliphatic heterocycles. The predicted molar refractivity (Wildman–Crippen MR) is 61.4 cm³/mol. The zero-order valence-electron chi connectivity index (χ0n) is 10.2. The number of hydrogen-bond donors (Lipinski definition) is 0. The van der Waals surface area contributed by atoms with Gasteiger partial charge in [0.25, 0.3) is 6.43 Å². The maximum atomic E-state index is 12.9. The molecule has 0 aliphatic carbocycles. The van der Waals surface area contributed by atoms with E-state index >= 15 is 0 Å². The number of esters is 1.